The van der Waals surface area contributed by atoms with E-state index in [-0.39, 0.29) is 29.4 Å². The lowest BCUT2D eigenvalue weighted by Crippen LogP contribution is -2.27. The number of ether oxygens (including phenoxy) is 2. The van der Waals surface area contributed by atoms with Gasteiger partial charge in [0.05, 0.1) is 43.3 Å². The molecule has 0 saturated heterocycles. The number of benzene rings is 1. The van der Waals surface area contributed by atoms with Crippen LogP contribution >= 0.6 is 0 Å². The van der Waals surface area contributed by atoms with Gasteiger partial charge in [-0.1, -0.05) is 6.07 Å². The van der Waals surface area contributed by atoms with Gasteiger partial charge in [-0.15, -0.1) is 10.2 Å². The van der Waals surface area contributed by atoms with E-state index in [2.05, 4.69) is 36.4 Å². The third-order valence-electron chi connectivity index (χ3n) is 5.84. The van der Waals surface area contributed by atoms with Crippen LogP contribution in [-0.2, 0) is 20.9 Å². The molecule has 13 nitrogen and oxygen atoms in total. The highest BCUT2D eigenvalue weighted by Crippen LogP contribution is 2.37. The molecule has 2 amide bonds. The highest BCUT2D eigenvalue weighted by atomic mass is 16.7. The first-order chi connectivity index (χ1) is 18.1. The van der Waals surface area contributed by atoms with Gasteiger partial charge in [0, 0.05) is 19.1 Å². The lowest BCUT2D eigenvalue weighted by atomic mass is 10.1. The minimum Gasteiger partial charge on any atom is -0.494 e. The van der Waals surface area contributed by atoms with Crippen LogP contribution < -0.4 is 20.9 Å². The Morgan fingerprint density at radius 2 is 1.95 bits per heavy atom. The van der Waals surface area contributed by atoms with Crippen molar-refractivity contribution < 1.29 is 23.9 Å². The average Bonchev–Trinajstić information content (AvgIpc) is 3.84. The van der Waals surface area contributed by atoms with Gasteiger partial charge < -0.3 is 20.1 Å². The molecule has 0 atom stereocenters. The molecule has 194 valence electrons. The summed E-state index contributed by atoms with van der Waals surface area (Å²) in [4.78, 5) is 34.9. The number of carbonyl (C=O) groups excluding carboxylic acids is 2. The minimum absolute atomic E-state index is 0.000467. The molecule has 0 unspecified atom stereocenters. The zero-order valence-electron chi connectivity index (χ0n) is 20.6. The maximum Gasteiger partial charge on any atom is 0.297 e. The van der Waals surface area contributed by atoms with Gasteiger partial charge in [-0.25, -0.2) is 10.5 Å². The average molecular weight is 509 g/mol. The zero-order chi connectivity index (χ0) is 25.8. The van der Waals surface area contributed by atoms with Crippen molar-refractivity contribution in [3.8, 4) is 17.1 Å². The minimum atomic E-state index is -0.560. The van der Waals surface area contributed by atoms with Crippen LogP contribution in [0.25, 0.3) is 11.4 Å². The number of rotatable bonds is 12. The second-order valence-electron chi connectivity index (χ2n) is 8.84. The Morgan fingerprint density at radius 1 is 1.11 bits per heavy atom. The first kappa shape index (κ1) is 24.6. The Hall–Kier alpha value is -4.10. The Morgan fingerprint density at radius 3 is 2.68 bits per heavy atom. The molecule has 3 aromatic rings. The molecule has 3 N–H and O–H groups in total. The van der Waals surface area contributed by atoms with E-state index < -0.39 is 5.91 Å². The topological polar surface area (TPSA) is 154 Å². The normalized spacial score (nSPS) is 14.8. The van der Waals surface area contributed by atoms with Crippen molar-refractivity contribution in [1.82, 2.24) is 30.4 Å². The van der Waals surface area contributed by atoms with E-state index >= 15 is 0 Å². The van der Waals surface area contributed by atoms with E-state index in [1.807, 2.05) is 12.1 Å². The standard InChI is InChI=1S/C24H28N8O5/c1-35-11-10-32-13-25-22(30-32)16-4-3-5-17(21(16)36-2)26-18-12-19(27-23(33)14-6-7-14)28-29-20(18)24(34)31-37-15-8-9-15/h3-5,12-15H,6-11H2,1-2H3,(H,31,34)(H2,26,27,28,33). The molecule has 37 heavy (non-hydrogen) atoms. The van der Waals surface area contributed by atoms with Crippen LogP contribution in [0.2, 0.25) is 0 Å². The summed E-state index contributed by atoms with van der Waals surface area (Å²) in [5.74, 6) is 0.472. The predicted molar refractivity (Wildman–Crippen MR) is 132 cm³/mol. The molecule has 2 heterocycles. The summed E-state index contributed by atoms with van der Waals surface area (Å²) < 4.78 is 12.5. The molecule has 1 aromatic carbocycles. The van der Waals surface area contributed by atoms with Gasteiger partial charge >= 0.3 is 0 Å². The van der Waals surface area contributed by atoms with Gasteiger partial charge in [-0.3, -0.25) is 19.1 Å². The monoisotopic (exact) mass is 508 g/mol. The molecular formula is C24H28N8O5. The van der Waals surface area contributed by atoms with Crippen LogP contribution in [0.5, 0.6) is 5.75 Å². The number of aromatic nitrogens is 5. The summed E-state index contributed by atoms with van der Waals surface area (Å²) >= 11 is 0. The molecular weight excluding hydrogens is 480 g/mol. The van der Waals surface area contributed by atoms with Gasteiger partial charge in [-0.2, -0.15) is 5.10 Å². The predicted octanol–water partition coefficient (Wildman–Crippen LogP) is 2.31. The number of para-hydroxylation sites is 1. The van der Waals surface area contributed by atoms with Crippen molar-refractivity contribution in [3.05, 3.63) is 36.3 Å². The first-order valence-electron chi connectivity index (χ1n) is 12.0. The highest BCUT2D eigenvalue weighted by molar-refractivity contribution is 5.99. The fraction of sp³-hybridized carbons (Fsp3) is 0.417. The number of hydroxylamine groups is 1. The van der Waals surface area contributed by atoms with Gasteiger partial charge in [-0.05, 0) is 37.8 Å². The SMILES string of the molecule is COCCn1cnc(-c2cccc(Nc3cc(NC(=O)C4CC4)nnc3C(=O)NOC3CC3)c2OC)n1. The third-order valence-corrected chi connectivity index (χ3v) is 5.84. The maximum atomic E-state index is 12.8. The van der Waals surface area contributed by atoms with Gasteiger partial charge in [0.25, 0.3) is 5.91 Å². The van der Waals surface area contributed by atoms with Crippen molar-refractivity contribution in [2.45, 2.75) is 38.3 Å². The van der Waals surface area contributed by atoms with Crippen molar-refractivity contribution in [2.75, 3.05) is 31.5 Å². The summed E-state index contributed by atoms with van der Waals surface area (Å²) in [6.45, 7) is 1.06. The number of hydrogen-bond acceptors (Lipinski definition) is 10. The van der Waals surface area contributed by atoms with Crippen molar-refractivity contribution in [3.63, 3.8) is 0 Å². The van der Waals surface area contributed by atoms with Crippen molar-refractivity contribution in [1.29, 1.82) is 0 Å². The van der Waals surface area contributed by atoms with E-state index in [0.29, 0.717) is 41.7 Å². The molecule has 5 rings (SSSR count). The van der Waals surface area contributed by atoms with Crippen molar-refractivity contribution in [2.24, 2.45) is 5.92 Å². The van der Waals surface area contributed by atoms with Gasteiger partial charge in [0.2, 0.25) is 5.91 Å². The summed E-state index contributed by atoms with van der Waals surface area (Å²) in [7, 11) is 3.16. The van der Waals surface area contributed by atoms with Crippen LogP contribution in [0.1, 0.15) is 36.2 Å². The fourth-order valence-electron chi connectivity index (χ4n) is 3.55. The molecule has 0 spiro atoms. The van der Waals surface area contributed by atoms with Crippen LogP contribution in [0.3, 0.4) is 0 Å². The number of carbonyl (C=O) groups is 2. The number of nitrogens with zero attached hydrogens (tertiary/aromatic N) is 5. The van der Waals surface area contributed by atoms with Crippen LogP contribution in [-0.4, -0.2) is 63.7 Å². The summed E-state index contributed by atoms with van der Waals surface area (Å²) in [6.07, 6.45) is 5.12. The summed E-state index contributed by atoms with van der Waals surface area (Å²) in [6, 6.07) is 7.00. The Kier molecular flexibility index (Phi) is 7.23. The lowest BCUT2D eigenvalue weighted by Gasteiger charge is -2.16. The summed E-state index contributed by atoms with van der Waals surface area (Å²) in [5.41, 5.74) is 3.93. The van der Waals surface area contributed by atoms with E-state index in [4.69, 9.17) is 14.3 Å². The Bertz CT molecular complexity index is 1290. The second-order valence-corrected chi connectivity index (χ2v) is 8.84. The van der Waals surface area contributed by atoms with E-state index in [0.717, 1.165) is 25.7 Å². The second kappa shape index (κ2) is 10.9. The Labute approximate surface area is 212 Å². The largest absolute Gasteiger partial charge is 0.494 e. The molecule has 2 aliphatic carbocycles. The maximum absolute atomic E-state index is 12.8. The molecule has 2 fully saturated rings. The van der Waals surface area contributed by atoms with Crippen LogP contribution in [0.15, 0.2) is 30.6 Å². The molecule has 13 heteroatoms. The lowest BCUT2D eigenvalue weighted by molar-refractivity contribution is -0.117. The quantitative estimate of drug-likeness (QED) is 0.310. The zero-order valence-corrected chi connectivity index (χ0v) is 20.6. The van der Waals surface area contributed by atoms with Gasteiger partial charge in [0.1, 0.15) is 6.33 Å². The van der Waals surface area contributed by atoms with Crippen LogP contribution in [0, 0.1) is 5.92 Å². The van der Waals surface area contributed by atoms with Gasteiger partial charge in [0.15, 0.2) is 23.1 Å². The number of hydrogen-bond donors (Lipinski definition) is 3. The number of nitrogens with one attached hydrogen (secondary N) is 3. The van der Waals surface area contributed by atoms with Crippen molar-refractivity contribution >= 4 is 29.0 Å². The highest BCUT2D eigenvalue weighted by Gasteiger charge is 2.30. The summed E-state index contributed by atoms with van der Waals surface area (Å²) in [5, 5.41) is 18.6. The number of amides is 2. The Balaban J connectivity index is 1.44. The number of anilines is 3. The molecule has 2 saturated carbocycles. The number of methoxy groups -OCH3 is 2. The molecule has 0 aliphatic heterocycles. The van der Waals surface area contributed by atoms with E-state index in [9.17, 15) is 9.59 Å². The molecule has 0 bridgehead atoms. The van der Waals surface area contributed by atoms with E-state index in [1.54, 1.807) is 30.3 Å². The smallest absolute Gasteiger partial charge is 0.297 e. The third kappa shape index (κ3) is 6.01. The molecule has 0 radical (unpaired) electrons. The molecule has 2 aliphatic rings. The fourth-order valence-corrected chi connectivity index (χ4v) is 3.55. The van der Waals surface area contributed by atoms with Crippen LogP contribution in [0.4, 0.5) is 17.2 Å². The first-order valence-corrected chi connectivity index (χ1v) is 12.0. The molecule has 2 aromatic heterocycles. The van der Waals surface area contributed by atoms with E-state index in [1.165, 1.54) is 7.11 Å².